The number of benzene rings is 1. The Balaban J connectivity index is 0.00000300. The Bertz CT molecular complexity index is 845. The van der Waals surface area contributed by atoms with Gasteiger partial charge in [0.2, 0.25) is 12.6 Å². The zero-order chi connectivity index (χ0) is 20.1. The predicted octanol–water partition coefficient (Wildman–Crippen LogP) is 1.13. The highest BCUT2D eigenvalue weighted by Gasteiger charge is 2.22. The third kappa shape index (κ3) is 5.61. The Hall–Kier alpha value is -3.27. The molecule has 0 amide bonds. The molecule has 11 heteroatoms. The first kappa shape index (κ1) is 22.0. The average molecular weight is 422 g/mol. The van der Waals surface area contributed by atoms with Crippen LogP contribution in [-0.4, -0.2) is 60.0 Å². The monoisotopic (exact) mass is 421 g/mol. The van der Waals surface area contributed by atoms with Gasteiger partial charge in [-0.25, -0.2) is 9.78 Å². The van der Waals surface area contributed by atoms with Gasteiger partial charge in [-0.1, -0.05) is 17.3 Å². The summed E-state index contributed by atoms with van der Waals surface area (Å²) < 4.78 is 0. The van der Waals surface area contributed by atoms with Crippen molar-refractivity contribution < 1.29 is 14.7 Å². The van der Waals surface area contributed by atoms with Gasteiger partial charge in [-0.15, -0.1) is 12.4 Å². The summed E-state index contributed by atoms with van der Waals surface area (Å²) in [5.74, 6) is -0.462. The largest absolute Gasteiger partial charge is 0.479 e. The summed E-state index contributed by atoms with van der Waals surface area (Å²) in [6, 6.07) is 7.82. The van der Waals surface area contributed by atoms with E-state index < -0.39 is 12.6 Å². The molecule has 1 aromatic carbocycles. The highest BCUT2D eigenvalue weighted by atomic mass is 35.5. The van der Waals surface area contributed by atoms with E-state index in [9.17, 15) is 4.79 Å². The standard InChI is InChI=1S/C18H23N7O3.ClH/c1-12-16(17(19)23-18(20)22-12)25-8-6-24(7-9-25)14-4-2-13(3-5-14)10-21-28-11-15(26)27;/h2-5,10H,6-9,11H2,1H3,(H,26,27)(H4,19,20,22,23);1H. The second-order valence-electron chi connectivity index (χ2n) is 6.37. The quantitative estimate of drug-likeness (QED) is 0.461. The van der Waals surface area contributed by atoms with E-state index in [0.717, 1.165) is 48.8 Å². The lowest BCUT2D eigenvalue weighted by atomic mass is 10.2. The van der Waals surface area contributed by atoms with Crippen molar-refractivity contribution in [2.75, 3.05) is 54.1 Å². The minimum atomic E-state index is -1.06. The first-order valence-electron chi connectivity index (χ1n) is 8.80. The molecule has 1 fully saturated rings. The molecule has 10 nitrogen and oxygen atoms in total. The molecule has 1 aliphatic heterocycles. The SMILES string of the molecule is Cc1nc(N)nc(N)c1N1CCN(c2ccc(C=NOCC(=O)O)cc2)CC1.Cl. The summed E-state index contributed by atoms with van der Waals surface area (Å²) >= 11 is 0. The number of aliphatic carboxylic acids is 1. The number of anilines is 4. The summed E-state index contributed by atoms with van der Waals surface area (Å²) in [6.07, 6.45) is 1.48. The van der Waals surface area contributed by atoms with Crippen LogP contribution in [0, 0.1) is 6.92 Å². The second-order valence-corrected chi connectivity index (χ2v) is 6.37. The maximum absolute atomic E-state index is 10.4. The van der Waals surface area contributed by atoms with Crippen molar-refractivity contribution in [2.45, 2.75) is 6.92 Å². The molecule has 0 radical (unpaired) electrons. The van der Waals surface area contributed by atoms with E-state index in [1.54, 1.807) is 0 Å². The number of hydrogen-bond acceptors (Lipinski definition) is 9. The van der Waals surface area contributed by atoms with Gasteiger partial charge in [0.05, 0.1) is 11.9 Å². The number of nitrogens with zero attached hydrogens (tertiary/aromatic N) is 5. The molecule has 0 spiro atoms. The summed E-state index contributed by atoms with van der Waals surface area (Å²) in [5.41, 5.74) is 15.2. The smallest absolute Gasteiger partial charge is 0.344 e. The van der Waals surface area contributed by atoms with Crippen molar-refractivity contribution in [3.8, 4) is 0 Å². The molecule has 2 heterocycles. The fourth-order valence-electron chi connectivity index (χ4n) is 3.15. The van der Waals surface area contributed by atoms with Gasteiger partial charge >= 0.3 is 5.97 Å². The number of hydrogen-bond donors (Lipinski definition) is 3. The molecule has 1 aromatic heterocycles. The Labute approximate surface area is 174 Å². The van der Waals surface area contributed by atoms with Crippen molar-refractivity contribution in [2.24, 2.45) is 5.16 Å². The number of nitrogen functional groups attached to an aromatic ring is 2. The lowest BCUT2D eigenvalue weighted by Crippen LogP contribution is -2.47. The molecule has 2 aromatic rings. The molecule has 0 unspecified atom stereocenters. The Morgan fingerprint density at radius 3 is 2.38 bits per heavy atom. The number of aryl methyl sites for hydroxylation is 1. The maximum Gasteiger partial charge on any atom is 0.344 e. The molecule has 1 saturated heterocycles. The van der Waals surface area contributed by atoms with Crippen LogP contribution in [0.25, 0.3) is 0 Å². The van der Waals surface area contributed by atoms with Crippen molar-refractivity contribution in [3.05, 3.63) is 35.5 Å². The number of oxime groups is 1. The molecule has 5 N–H and O–H groups in total. The van der Waals surface area contributed by atoms with Crippen LogP contribution in [0.5, 0.6) is 0 Å². The van der Waals surface area contributed by atoms with E-state index in [4.69, 9.17) is 16.6 Å². The fourth-order valence-corrected chi connectivity index (χ4v) is 3.15. The van der Waals surface area contributed by atoms with Gasteiger partial charge in [0.25, 0.3) is 0 Å². The summed E-state index contributed by atoms with van der Waals surface area (Å²) in [5, 5.41) is 12.1. The number of carbonyl (C=O) groups is 1. The van der Waals surface area contributed by atoms with E-state index in [1.165, 1.54) is 6.21 Å². The fraction of sp³-hybridized carbons (Fsp3) is 0.333. The number of carboxylic acid groups (broad SMARTS) is 1. The van der Waals surface area contributed by atoms with E-state index in [0.29, 0.717) is 5.82 Å². The topological polar surface area (TPSA) is 143 Å². The average Bonchev–Trinajstić information content (AvgIpc) is 2.65. The lowest BCUT2D eigenvalue weighted by molar-refractivity contribution is -0.142. The number of carboxylic acids is 1. The lowest BCUT2D eigenvalue weighted by Gasteiger charge is -2.38. The van der Waals surface area contributed by atoms with Crippen LogP contribution >= 0.6 is 12.4 Å². The summed E-state index contributed by atoms with van der Waals surface area (Å²) in [7, 11) is 0. The van der Waals surface area contributed by atoms with Crippen LogP contribution in [0.1, 0.15) is 11.3 Å². The number of nitrogens with two attached hydrogens (primary N) is 2. The normalized spacial score (nSPS) is 14.0. The highest BCUT2D eigenvalue weighted by molar-refractivity contribution is 5.85. The van der Waals surface area contributed by atoms with Gasteiger partial charge in [0.1, 0.15) is 5.69 Å². The molecule has 3 rings (SSSR count). The van der Waals surface area contributed by atoms with E-state index in [2.05, 4.69) is 29.8 Å². The molecule has 1 aliphatic rings. The predicted molar refractivity (Wildman–Crippen MR) is 115 cm³/mol. The van der Waals surface area contributed by atoms with Crippen molar-refractivity contribution in [3.63, 3.8) is 0 Å². The Kier molecular flexibility index (Phi) is 7.43. The third-order valence-corrected chi connectivity index (χ3v) is 4.42. The molecular weight excluding hydrogens is 398 g/mol. The van der Waals surface area contributed by atoms with Gasteiger partial charge in [-0.3, -0.25) is 0 Å². The molecule has 0 saturated carbocycles. The second kappa shape index (κ2) is 9.78. The van der Waals surface area contributed by atoms with Crippen molar-refractivity contribution >= 4 is 47.7 Å². The number of rotatable bonds is 6. The first-order chi connectivity index (χ1) is 13.4. The van der Waals surface area contributed by atoms with Crippen LogP contribution in [-0.2, 0) is 9.63 Å². The van der Waals surface area contributed by atoms with Crippen LogP contribution in [0.2, 0.25) is 0 Å². The zero-order valence-corrected chi connectivity index (χ0v) is 16.8. The molecule has 29 heavy (non-hydrogen) atoms. The number of halogens is 1. The van der Waals surface area contributed by atoms with Gasteiger partial charge in [0, 0.05) is 31.9 Å². The van der Waals surface area contributed by atoms with E-state index in [-0.39, 0.29) is 18.4 Å². The van der Waals surface area contributed by atoms with Crippen molar-refractivity contribution in [1.29, 1.82) is 0 Å². The highest BCUT2D eigenvalue weighted by Crippen LogP contribution is 2.27. The van der Waals surface area contributed by atoms with Gasteiger partial charge in [-0.05, 0) is 24.6 Å². The molecular formula is C18H24ClN7O3. The van der Waals surface area contributed by atoms with Crippen LogP contribution < -0.4 is 21.3 Å². The molecule has 156 valence electrons. The zero-order valence-electron chi connectivity index (χ0n) is 16.0. The maximum atomic E-state index is 10.4. The number of piperazine rings is 1. The Morgan fingerprint density at radius 1 is 1.17 bits per heavy atom. The summed E-state index contributed by atoms with van der Waals surface area (Å²) in [4.78, 5) is 27.8. The molecule has 0 aliphatic carbocycles. The Morgan fingerprint density at radius 2 is 1.79 bits per heavy atom. The number of aromatic nitrogens is 2. The molecule has 0 atom stereocenters. The third-order valence-electron chi connectivity index (χ3n) is 4.42. The summed E-state index contributed by atoms with van der Waals surface area (Å²) in [6.45, 7) is 4.68. The molecule has 0 bridgehead atoms. The van der Waals surface area contributed by atoms with Crippen LogP contribution in [0.3, 0.4) is 0 Å². The van der Waals surface area contributed by atoms with E-state index >= 15 is 0 Å². The van der Waals surface area contributed by atoms with Gasteiger partial charge in [-0.2, -0.15) is 4.98 Å². The van der Waals surface area contributed by atoms with Gasteiger partial charge in [0.15, 0.2) is 5.82 Å². The van der Waals surface area contributed by atoms with Crippen LogP contribution in [0.4, 0.5) is 23.1 Å². The minimum Gasteiger partial charge on any atom is -0.479 e. The first-order valence-corrected chi connectivity index (χ1v) is 8.80. The van der Waals surface area contributed by atoms with E-state index in [1.807, 2.05) is 31.2 Å². The van der Waals surface area contributed by atoms with Gasteiger partial charge < -0.3 is 31.2 Å². The van der Waals surface area contributed by atoms with Crippen molar-refractivity contribution in [1.82, 2.24) is 9.97 Å². The minimum absolute atomic E-state index is 0. The van der Waals surface area contributed by atoms with Crippen LogP contribution in [0.15, 0.2) is 29.4 Å².